The van der Waals surface area contributed by atoms with E-state index in [-0.39, 0.29) is 11.7 Å². The Hall–Kier alpha value is -4.18. The number of thioether (sulfide) groups is 1. The predicted octanol–water partition coefficient (Wildman–Crippen LogP) is 4.18. The fourth-order valence-corrected chi connectivity index (χ4v) is 4.48. The quantitative estimate of drug-likeness (QED) is 0.284. The summed E-state index contributed by atoms with van der Waals surface area (Å²) in [6, 6.07) is 14.8. The second kappa shape index (κ2) is 9.22. The first-order valence-corrected chi connectivity index (χ1v) is 11.8. The minimum absolute atomic E-state index is 0.151. The summed E-state index contributed by atoms with van der Waals surface area (Å²) >= 11 is 1.29. The first kappa shape index (κ1) is 22.6. The van der Waals surface area contributed by atoms with Gasteiger partial charge in [0.1, 0.15) is 5.52 Å². The highest BCUT2D eigenvalue weighted by Crippen LogP contribution is 2.27. The van der Waals surface area contributed by atoms with Crippen molar-refractivity contribution in [2.24, 2.45) is 0 Å². The number of anilines is 1. The maximum atomic E-state index is 12.5. The normalized spacial score (nSPS) is 11.2. The summed E-state index contributed by atoms with van der Waals surface area (Å²) in [5.74, 6) is -0.469. The molecular weight excluding hydrogens is 464 g/mol. The molecule has 1 amide bonds. The first-order chi connectivity index (χ1) is 16.9. The average molecular weight is 487 g/mol. The van der Waals surface area contributed by atoms with Crippen LogP contribution in [-0.4, -0.2) is 49.0 Å². The van der Waals surface area contributed by atoms with Crippen molar-refractivity contribution in [3.05, 3.63) is 77.6 Å². The molecule has 9 nitrogen and oxygen atoms in total. The number of nitrogens with zero attached hydrogens (tertiary/aromatic N) is 5. The zero-order chi connectivity index (χ0) is 24.5. The van der Waals surface area contributed by atoms with E-state index < -0.39 is 5.97 Å². The number of esters is 1. The Morgan fingerprint density at radius 1 is 1.03 bits per heavy atom. The van der Waals surface area contributed by atoms with Gasteiger partial charge in [-0.1, -0.05) is 29.5 Å². The molecule has 2 aromatic carbocycles. The molecule has 0 bridgehead atoms. The molecule has 176 valence electrons. The largest absolute Gasteiger partial charge is 0.465 e. The van der Waals surface area contributed by atoms with Gasteiger partial charge in [-0.3, -0.25) is 9.20 Å². The Morgan fingerprint density at radius 2 is 1.83 bits per heavy atom. The number of fused-ring (bicyclic) bond motifs is 3. The van der Waals surface area contributed by atoms with Gasteiger partial charge >= 0.3 is 5.97 Å². The number of nitrogens with one attached hydrogen (secondary N) is 1. The molecule has 1 N–H and O–H groups in total. The Bertz CT molecular complexity index is 1570. The molecule has 3 heterocycles. The first-order valence-electron chi connectivity index (χ1n) is 10.8. The summed E-state index contributed by atoms with van der Waals surface area (Å²) in [5, 5.41) is 16.8. The van der Waals surface area contributed by atoms with E-state index >= 15 is 0 Å². The van der Waals surface area contributed by atoms with Crippen molar-refractivity contribution >= 4 is 40.5 Å². The lowest BCUT2D eigenvalue weighted by atomic mass is 10.0. The van der Waals surface area contributed by atoms with Crippen LogP contribution in [0.4, 0.5) is 5.69 Å². The second-order valence-corrected chi connectivity index (χ2v) is 9.00. The number of aromatic nitrogens is 5. The molecule has 0 radical (unpaired) electrons. The molecule has 5 aromatic rings. The van der Waals surface area contributed by atoms with E-state index in [1.54, 1.807) is 28.8 Å². The molecule has 0 atom stereocenters. The number of benzene rings is 2. The van der Waals surface area contributed by atoms with Crippen molar-refractivity contribution in [1.82, 2.24) is 24.2 Å². The van der Waals surface area contributed by atoms with E-state index in [0.29, 0.717) is 22.1 Å². The number of carbonyl (C=O) groups excluding carboxylic acids is 2. The minimum atomic E-state index is -0.425. The molecule has 0 saturated carbocycles. The number of carbonyl (C=O) groups is 2. The Morgan fingerprint density at radius 3 is 2.60 bits per heavy atom. The van der Waals surface area contributed by atoms with Crippen LogP contribution in [0, 0.1) is 13.8 Å². The third-order valence-electron chi connectivity index (χ3n) is 5.58. The predicted molar refractivity (Wildman–Crippen MR) is 134 cm³/mol. The minimum Gasteiger partial charge on any atom is -0.465 e. The van der Waals surface area contributed by atoms with E-state index in [9.17, 15) is 9.59 Å². The van der Waals surface area contributed by atoms with Gasteiger partial charge in [-0.15, -0.1) is 10.2 Å². The van der Waals surface area contributed by atoms with Crippen molar-refractivity contribution in [3.8, 4) is 11.3 Å². The van der Waals surface area contributed by atoms with Crippen LogP contribution in [0.15, 0.2) is 66.1 Å². The van der Waals surface area contributed by atoms with Gasteiger partial charge in [-0.2, -0.15) is 5.10 Å². The molecule has 0 fully saturated rings. The molecule has 5 rings (SSSR count). The third kappa shape index (κ3) is 4.47. The van der Waals surface area contributed by atoms with Crippen LogP contribution < -0.4 is 5.32 Å². The maximum Gasteiger partial charge on any atom is 0.337 e. The summed E-state index contributed by atoms with van der Waals surface area (Å²) in [7, 11) is 1.32. The van der Waals surface area contributed by atoms with Crippen molar-refractivity contribution in [2.45, 2.75) is 19.0 Å². The SMILES string of the molecule is COC(=O)c1ccc(NC(=O)CSc2nnc3c4cc(-c5cc(C)ccc5C)nn4ccn23)cc1. The Balaban J connectivity index is 1.32. The van der Waals surface area contributed by atoms with Crippen LogP contribution in [-0.2, 0) is 9.53 Å². The van der Waals surface area contributed by atoms with Crippen LogP contribution in [0.5, 0.6) is 0 Å². The standard InChI is InChI=1S/C25H22N6O3S/c1-15-4-5-16(2)19(12-15)20-13-21-23-27-28-25(30(23)10-11-31(21)29-20)35-14-22(32)26-18-8-6-17(7-9-18)24(33)34-3/h4-13H,14H2,1-3H3,(H,26,32). The molecule has 35 heavy (non-hydrogen) atoms. The second-order valence-electron chi connectivity index (χ2n) is 8.06. The van der Waals surface area contributed by atoms with Gasteiger partial charge in [-0.05, 0) is 55.8 Å². The summed E-state index contributed by atoms with van der Waals surface area (Å²) in [6.07, 6.45) is 3.70. The van der Waals surface area contributed by atoms with Gasteiger partial charge in [0.25, 0.3) is 0 Å². The highest BCUT2D eigenvalue weighted by Gasteiger charge is 2.15. The van der Waals surface area contributed by atoms with Gasteiger partial charge in [-0.25, -0.2) is 9.31 Å². The maximum absolute atomic E-state index is 12.5. The number of rotatable bonds is 6. The number of hydrogen-bond acceptors (Lipinski definition) is 7. The number of ether oxygens (including phenoxy) is 1. The monoisotopic (exact) mass is 486 g/mol. The van der Waals surface area contributed by atoms with Crippen LogP contribution >= 0.6 is 11.8 Å². The molecule has 0 saturated heterocycles. The van der Waals surface area contributed by atoms with Gasteiger partial charge in [0.05, 0.1) is 24.1 Å². The fourth-order valence-electron chi connectivity index (χ4n) is 3.77. The molecule has 0 aliphatic heterocycles. The van der Waals surface area contributed by atoms with Crippen LogP contribution in [0.1, 0.15) is 21.5 Å². The van der Waals surface area contributed by atoms with Crippen molar-refractivity contribution in [3.63, 3.8) is 0 Å². The van der Waals surface area contributed by atoms with E-state index in [2.05, 4.69) is 52.3 Å². The van der Waals surface area contributed by atoms with E-state index in [0.717, 1.165) is 22.3 Å². The van der Waals surface area contributed by atoms with Crippen LogP contribution in [0.3, 0.4) is 0 Å². The third-order valence-corrected chi connectivity index (χ3v) is 6.52. The molecule has 0 unspecified atom stereocenters. The molecule has 0 spiro atoms. The van der Waals surface area contributed by atoms with Crippen LogP contribution in [0.2, 0.25) is 0 Å². The molecule has 0 aliphatic rings. The van der Waals surface area contributed by atoms with E-state index in [4.69, 9.17) is 5.10 Å². The fraction of sp³-hybridized carbons (Fsp3) is 0.160. The molecular formula is C25H22N6O3S. The van der Waals surface area contributed by atoms with Gasteiger partial charge in [0, 0.05) is 23.6 Å². The Labute approximate surface area is 205 Å². The highest BCUT2D eigenvalue weighted by molar-refractivity contribution is 7.99. The van der Waals surface area contributed by atoms with E-state index in [1.165, 1.54) is 24.4 Å². The van der Waals surface area contributed by atoms with Gasteiger partial charge in [0.15, 0.2) is 10.8 Å². The zero-order valence-corrected chi connectivity index (χ0v) is 20.2. The number of amides is 1. The van der Waals surface area contributed by atoms with Crippen molar-refractivity contribution in [2.75, 3.05) is 18.2 Å². The lowest BCUT2D eigenvalue weighted by Crippen LogP contribution is -2.14. The number of hydrogen-bond donors (Lipinski definition) is 1. The zero-order valence-electron chi connectivity index (χ0n) is 19.3. The lowest BCUT2D eigenvalue weighted by Gasteiger charge is -2.06. The topological polar surface area (TPSA) is 103 Å². The molecule has 0 aliphatic carbocycles. The smallest absolute Gasteiger partial charge is 0.337 e. The average Bonchev–Trinajstić information content (AvgIpc) is 3.48. The van der Waals surface area contributed by atoms with Crippen LogP contribution in [0.25, 0.3) is 22.4 Å². The summed E-state index contributed by atoms with van der Waals surface area (Å²) < 4.78 is 8.33. The summed E-state index contributed by atoms with van der Waals surface area (Å²) in [6.45, 7) is 4.13. The summed E-state index contributed by atoms with van der Waals surface area (Å²) in [4.78, 5) is 24.0. The van der Waals surface area contributed by atoms with Crippen molar-refractivity contribution in [1.29, 1.82) is 0 Å². The van der Waals surface area contributed by atoms with E-state index in [1.807, 2.05) is 22.9 Å². The molecule has 10 heteroatoms. The lowest BCUT2D eigenvalue weighted by molar-refractivity contribution is -0.113. The Kier molecular flexibility index (Phi) is 5.96. The van der Waals surface area contributed by atoms with Gasteiger partial charge < -0.3 is 10.1 Å². The number of aryl methyl sites for hydroxylation is 2. The summed E-state index contributed by atoms with van der Waals surface area (Å²) in [5.41, 5.74) is 6.78. The molecule has 3 aromatic heterocycles. The van der Waals surface area contributed by atoms with Gasteiger partial charge in [0.2, 0.25) is 5.91 Å². The van der Waals surface area contributed by atoms with Crippen molar-refractivity contribution < 1.29 is 14.3 Å². The number of methoxy groups -OCH3 is 1. The highest BCUT2D eigenvalue weighted by atomic mass is 32.2.